The second kappa shape index (κ2) is 10.5. The number of hydrogen-bond donors (Lipinski definition) is 1. The lowest BCUT2D eigenvalue weighted by molar-refractivity contribution is -0.113. The Morgan fingerprint density at radius 2 is 1.87 bits per heavy atom. The van der Waals surface area contributed by atoms with Crippen molar-refractivity contribution in [3.05, 3.63) is 65.0 Å². The highest BCUT2D eigenvalue weighted by Gasteiger charge is 2.14. The van der Waals surface area contributed by atoms with Gasteiger partial charge in [-0.3, -0.25) is 4.79 Å². The summed E-state index contributed by atoms with van der Waals surface area (Å²) < 4.78 is 7.88. The van der Waals surface area contributed by atoms with E-state index >= 15 is 0 Å². The standard InChI is InChI=1S/C24H30N4O2S/c1-6-28-22(14-30-20-12-10-19(11-13-20)16(2)3)26-27-24(28)31-15-23(29)25-21-9-7-8-17(4)18(21)5/h7-13,16H,6,14-15H2,1-5H3,(H,25,29). The van der Waals surface area contributed by atoms with Crippen molar-refractivity contribution in [1.29, 1.82) is 0 Å². The minimum absolute atomic E-state index is 0.0626. The minimum Gasteiger partial charge on any atom is -0.486 e. The van der Waals surface area contributed by atoms with Crippen LogP contribution in [-0.4, -0.2) is 26.4 Å². The average Bonchev–Trinajstić information content (AvgIpc) is 3.16. The Bertz CT molecular complexity index is 1030. The number of carbonyl (C=O) groups excluding carboxylic acids is 1. The molecule has 0 aliphatic rings. The Morgan fingerprint density at radius 3 is 2.55 bits per heavy atom. The first-order chi connectivity index (χ1) is 14.9. The van der Waals surface area contributed by atoms with Crippen LogP contribution in [0.25, 0.3) is 0 Å². The van der Waals surface area contributed by atoms with E-state index in [1.165, 1.54) is 17.3 Å². The zero-order chi connectivity index (χ0) is 22.4. The summed E-state index contributed by atoms with van der Waals surface area (Å²) in [6, 6.07) is 14.0. The number of aryl methyl sites for hydroxylation is 1. The molecule has 1 aromatic heterocycles. The topological polar surface area (TPSA) is 69.0 Å². The predicted molar refractivity (Wildman–Crippen MR) is 126 cm³/mol. The molecule has 2 aromatic carbocycles. The van der Waals surface area contributed by atoms with Crippen LogP contribution in [0.1, 0.15) is 49.2 Å². The van der Waals surface area contributed by atoms with Crippen molar-refractivity contribution >= 4 is 23.4 Å². The number of thioether (sulfide) groups is 1. The van der Waals surface area contributed by atoms with Crippen LogP contribution in [0, 0.1) is 13.8 Å². The van der Waals surface area contributed by atoms with Gasteiger partial charge in [-0.15, -0.1) is 10.2 Å². The van der Waals surface area contributed by atoms with Crippen LogP contribution in [0.15, 0.2) is 47.6 Å². The molecule has 3 aromatic rings. The smallest absolute Gasteiger partial charge is 0.234 e. The number of ether oxygens (including phenoxy) is 1. The number of amides is 1. The van der Waals surface area contributed by atoms with E-state index < -0.39 is 0 Å². The number of rotatable bonds is 9. The summed E-state index contributed by atoms with van der Waals surface area (Å²) in [6.07, 6.45) is 0. The van der Waals surface area contributed by atoms with E-state index in [9.17, 15) is 4.79 Å². The van der Waals surface area contributed by atoms with Crippen LogP contribution < -0.4 is 10.1 Å². The van der Waals surface area contributed by atoms with Crippen LogP contribution >= 0.6 is 11.8 Å². The molecule has 7 heteroatoms. The Hall–Kier alpha value is -2.80. The Labute approximate surface area is 188 Å². The molecule has 0 aliphatic carbocycles. The highest BCUT2D eigenvalue weighted by molar-refractivity contribution is 7.99. The van der Waals surface area contributed by atoms with Gasteiger partial charge in [0, 0.05) is 12.2 Å². The van der Waals surface area contributed by atoms with E-state index in [-0.39, 0.29) is 11.7 Å². The lowest BCUT2D eigenvalue weighted by Gasteiger charge is -2.11. The van der Waals surface area contributed by atoms with E-state index in [2.05, 4.69) is 41.5 Å². The third kappa shape index (κ3) is 5.88. The van der Waals surface area contributed by atoms with Crippen molar-refractivity contribution in [1.82, 2.24) is 14.8 Å². The molecule has 0 fully saturated rings. The lowest BCUT2D eigenvalue weighted by Crippen LogP contribution is -2.16. The molecular weight excluding hydrogens is 408 g/mol. The molecule has 31 heavy (non-hydrogen) atoms. The summed E-state index contributed by atoms with van der Waals surface area (Å²) in [6.45, 7) is 11.4. The molecule has 0 aliphatic heterocycles. The lowest BCUT2D eigenvalue weighted by atomic mass is 10.0. The zero-order valence-corrected chi connectivity index (χ0v) is 19.6. The molecule has 1 N–H and O–H groups in total. The molecule has 164 valence electrons. The van der Waals surface area contributed by atoms with Gasteiger partial charge in [-0.1, -0.05) is 49.9 Å². The summed E-state index contributed by atoms with van der Waals surface area (Å²) in [5.74, 6) is 2.24. The van der Waals surface area contributed by atoms with Crippen LogP contribution in [0.5, 0.6) is 5.75 Å². The van der Waals surface area contributed by atoms with Crippen molar-refractivity contribution in [2.75, 3.05) is 11.1 Å². The first-order valence-electron chi connectivity index (χ1n) is 10.5. The average molecular weight is 439 g/mol. The largest absolute Gasteiger partial charge is 0.486 e. The number of carbonyl (C=O) groups is 1. The molecule has 0 saturated heterocycles. The minimum atomic E-state index is -0.0626. The third-order valence-electron chi connectivity index (χ3n) is 5.24. The summed E-state index contributed by atoms with van der Waals surface area (Å²) in [7, 11) is 0. The Balaban J connectivity index is 1.58. The van der Waals surface area contributed by atoms with Crippen molar-refractivity contribution in [2.45, 2.75) is 58.8 Å². The van der Waals surface area contributed by atoms with Crippen LogP contribution in [-0.2, 0) is 17.9 Å². The predicted octanol–water partition coefficient (Wildman–Crippen LogP) is 5.35. The summed E-state index contributed by atoms with van der Waals surface area (Å²) in [4.78, 5) is 12.4. The van der Waals surface area contributed by atoms with Gasteiger partial charge in [0.15, 0.2) is 11.0 Å². The Morgan fingerprint density at radius 1 is 1.13 bits per heavy atom. The fraction of sp³-hybridized carbons (Fsp3) is 0.375. The van der Waals surface area contributed by atoms with Crippen LogP contribution in [0.3, 0.4) is 0 Å². The van der Waals surface area contributed by atoms with Gasteiger partial charge in [-0.25, -0.2) is 0 Å². The number of anilines is 1. The van der Waals surface area contributed by atoms with Gasteiger partial charge in [-0.2, -0.15) is 0 Å². The number of nitrogens with one attached hydrogen (secondary N) is 1. The van der Waals surface area contributed by atoms with Crippen molar-refractivity contribution in [3.63, 3.8) is 0 Å². The molecule has 0 spiro atoms. The second-order valence-corrected chi connectivity index (χ2v) is 8.68. The maximum atomic E-state index is 12.4. The summed E-state index contributed by atoms with van der Waals surface area (Å²) >= 11 is 1.38. The number of benzene rings is 2. The molecule has 0 radical (unpaired) electrons. The first-order valence-corrected chi connectivity index (χ1v) is 11.5. The van der Waals surface area contributed by atoms with Gasteiger partial charge in [0.25, 0.3) is 0 Å². The summed E-state index contributed by atoms with van der Waals surface area (Å²) in [5.41, 5.74) is 4.36. The highest BCUT2D eigenvalue weighted by atomic mass is 32.2. The van der Waals surface area contributed by atoms with Crippen molar-refractivity contribution < 1.29 is 9.53 Å². The van der Waals surface area contributed by atoms with Gasteiger partial charge < -0.3 is 14.6 Å². The molecule has 0 saturated carbocycles. The normalized spacial score (nSPS) is 11.0. The van der Waals surface area contributed by atoms with Crippen molar-refractivity contribution in [2.24, 2.45) is 0 Å². The monoisotopic (exact) mass is 438 g/mol. The molecule has 3 rings (SSSR count). The van der Waals surface area contributed by atoms with Gasteiger partial charge in [0.2, 0.25) is 5.91 Å². The van der Waals surface area contributed by atoms with E-state index in [1.807, 2.05) is 55.7 Å². The number of hydrogen-bond acceptors (Lipinski definition) is 5. The van der Waals surface area contributed by atoms with Gasteiger partial charge in [0.1, 0.15) is 12.4 Å². The third-order valence-corrected chi connectivity index (χ3v) is 6.20. The zero-order valence-electron chi connectivity index (χ0n) is 18.8. The molecular formula is C24H30N4O2S. The fourth-order valence-electron chi connectivity index (χ4n) is 3.15. The second-order valence-electron chi connectivity index (χ2n) is 7.74. The number of nitrogens with zero attached hydrogens (tertiary/aromatic N) is 3. The van der Waals surface area contributed by atoms with E-state index in [0.717, 1.165) is 28.4 Å². The molecule has 1 heterocycles. The maximum Gasteiger partial charge on any atom is 0.234 e. The van der Waals surface area contributed by atoms with Crippen LogP contribution in [0.4, 0.5) is 5.69 Å². The van der Waals surface area contributed by atoms with Gasteiger partial charge >= 0.3 is 0 Å². The molecule has 0 bridgehead atoms. The maximum absolute atomic E-state index is 12.4. The Kier molecular flexibility index (Phi) is 7.74. The number of aromatic nitrogens is 3. The van der Waals surface area contributed by atoms with Gasteiger partial charge in [0.05, 0.1) is 5.75 Å². The van der Waals surface area contributed by atoms with E-state index in [4.69, 9.17) is 4.74 Å². The van der Waals surface area contributed by atoms with Gasteiger partial charge in [-0.05, 0) is 61.6 Å². The molecule has 1 amide bonds. The quantitative estimate of drug-likeness (QED) is 0.456. The molecule has 0 unspecified atom stereocenters. The SMILES string of the molecule is CCn1c(COc2ccc(C(C)C)cc2)nnc1SCC(=O)Nc1cccc(C)c1C. The highest BCUT2D eigenvalue weighted by Crippen LogP contribution is 2.22. The first kappa shape index (κ1) is 22.9. The summed E-state index contributed by atoms with van der Waals surface area (Å²) in [5, 5.41) is 12.2. The van der Waals surface area contributed by atoms with E-state index in [0.29, 0.717) is 24.2 Å². The van der Waals surface area contributed by atoms with Crippen molar-refractivity contribution in [3.8, 4) is 5.75 Å². The molecule has 6 nitrogen and oxygen atoms in total. The fourth-order valence-corrected chi connectivity index (χ4v) is 3.97. The van der Waals surface area contributed by atoms with E-state index in [1.54, 1.807) is 0 Å². The van der Waals surface area contributed by atoms with Crippen LogP contribution in [0.2, 0.25) is 0 Å². The molecule has 0 atom stereocenters.